The summed E-state index contributed by atoms with van der Waals surface area (Å²) < 4.78 is 0. The fourth-order valence-electron chi connectivity index (χ4n) is 1.03. The van der Waals surface area contributed by atoms with Gasteiger partial charge in [0.1, 0.15) is 5.75 Å². The first-order valence-electron chi connectivity index (χ1n) is 4.36. The molecule has 70 valence electrons. The molecule has 0 saturated carbocycles. The molecule has 0 aliphatic carbocycles. The summed E-state index contributed by atoms with van der Waals surface area (Å²) >= 11 is 0. The fourth-order valence-corrected chi connectivity index (χ4v) is 1.03. The van der Waals surface area contributed by atoms with Crippen molar-refractivity contribution in [2.45, 2.75) is 19.5 Å². The van der Waals surface area contributed by atoms with Gasteiger partial charge in [-0.25, -0.2) is 0 Å². The van der Waals surface area contributed by atoms with Crippen LogP contribution in [0, 0.1) is 0 Å². The summed E-state index contributed by atoms with van der Waals surface area (Å²) in [5.74, 6) is 0.311. The molecule has 1 aromatic carbocycles. The largest absolute Gasteiger partial charge is 0.508 e. The molecule has 1 aromatic rings. The van der Waals surface area contributed by atoms with Gasteiger partial charge in [0.15, 0.2) is 0 Å². The van der Waals surface area contributed by atoms with E-state index < -0.39 is 0 Å². The highest BCUT2D eigenvalue weighted by molar-refractivity contribution is 5.26. The number of hydrogen-bond acceptors (Lipinski definition) is 2. The molecule has 0 spiro atoms. The molecule has 1 rings (SSSR count). The lowest BCUT2D eigenvalue weighted by Crippen LogP contribution is -2.22. The molecule has 1 unspecified atom stereocenters. The molecular weight excluding hydrogens is 162 g/mol. The van der Waals surface area contributed by atoms with Crippen LogP contribution in [0.25, 0.3) is 0 Å². The SMILES string of the molecule is C=CC(C)NCc1cccc(O)c1. The summed E-state index contributed by atoms with van der Waals surface area (Å²) in [5, 5.41) is 12.4. The number of rotatable bonds is 4. The highest BCUT2D eigenvalue weighted by Crippen LogP contribution is 2.10. The maximum Gasteiger partial charge on any atom is 0.115 e. The third-order valence-electron chi connectivity index (χ3n) is 1.89. The van der Waals surface area contributed by atoms with Gasteiger partial charge in [0, 0.05) is 12.6 Å². The molecule has 0 aromatic heterocycles. The van der Waals surface area contributed by atoms with Gasteiger partial charge in [0.2, 0.25) is 0 Å². The lowest BCUT2D eigenvalue weighted by Gasteiger charge is -2.08. The molecular formula is C11H15NO. The van der Waals surface area contributed by atoms with Gasteiger partial charge in [-0.05, 0) is 24.6 Å². The van der Waals surface area contributed by atoms with Crippen LogP contribution in [-0.2, 0) is 6.54 Å². The van der Waals surface area contributed by atoms with E-state index in [-0.39, 0.29) is 0 Å². The van der Waals surface area contributed by atoms with Crippen LogP contribution < -0.4 is 5.32 Å². The first kappa shape index (κ1) is 9.81. The molecule has 0 radical (unpaired) electrons. The molecule has 0 amide bonds. The summed E-state index contributed by atoms with van der Waals surface area (Å²) in [4.78, 5) is 0. The Morgan fingerprint density at radius 3 is 3.00 bits per heavy atom. The Labute approximate surface area is 78.9 Å². The Morgan fingerprint density at radius 2 is 2.38 bits per heavy atom. The number of nitrogens with one attached hydrogen (secondary N) is 1. The van der Waals surface area contributed by atoms with Crippen molar-refractivity contribution in [1.29, 1.82) is 0 Å². The lowest BCUT2D eigenvalue weighted by atomic mass is 10.2. The average molecular weight is 177 g/mol. The van der Waals surface area contributed by atoms with E-state index in [1.807, 2.05) is 25.1 Å². The minimum Gasteiger partial charge on any atom is -0.508 e. The first-order valence-corrected chi connectivity index (χ1v) is 4.36. The Bertz CT molecular complexity index is 283. The van der Waals surface area contributed by atoms with Crippen LogP contribution in [0.5, 0.6) is 5.75 Å². The number of hydrogen-bond donors (Lipinski definition) is 2. The quantitative estimate of drug-likeness (QED) is 0.690. The predicted octanol–water partition coefficient (Wildman–Crippen LogP) is 2.06. The molecule has 2 nitrogen and oxygen atoms in total. The standard InChI is InChI=1S/C11H15NO/c1-3-9(2)12-8-10-5-4-6-11(13)7-10/h3-7,9,12-13H,1,8H2,2H3. The molecule has 0 aliphatic rings. The van der Waals surface area contributed by atoms with Gasteiger partial charge in [0.25, 0.3) is 0 Å². The molecule has 0 aliphatic heterocycles. The highest BCUT2D eigenvalue weighted by Gasteiger charge is 1.96. The maximum atomic E-state index is 9.19. The molecule has 2 heteroatoms. The van der Waals surface area contributed by atoms with E-state index in [0.717, 1.165) is 12.1 Å². The Balaban J connectivity index is 2.49. The second kappa shape index (κ2) is 4.67. The van der Waals surface area contributed by atoms with Crippen molar-refractivity contribution in [2.24, 2.45) is 0 Å². The summed E-state index contributed by atoms with van der Waals surface area (Å²) in [6.07, 6.45) is 1.85. The minimum absolute atomic E-state index is 0.294. The van der Waals surface area contributed by atoms with Gasteiger partial charge < -0.3 is 10.4 Å². The topological polar surface area (TPSA) is 32.3 Å². The van der Waals surface area contributed by atoms with Crippen molar-refractivity contribution in [2.75, 3.05) is 0 Å². The van der Waals surface area contributed by atoms with Crippen LogP contribution in [0.3, 0.4) is 0 Å². The van der Waals surface area contributed by atoms with E-state index in [9.17, 15) is 5.11 Å². The molecule has 1 atom stereocenters. The summed E-state index contributed by atoms with van der Waals surface area (Å²) in [7, 11) is 0. The zero-order chi connectivity index (χ0) is 9.68. The predicted molar refractivity (Wildman–Crippen MR) is 54.6 cm³/mol. The Kier molecular flexibility index (Phi) is 3.53. The fraction of sp³-hybridized carbons (Fsp3) is 0.273. The van der Waals surface area contributed by atoms with Crippen LogP contribution in [-0.4, -0.2) is 11.1 Å². The number of aromatic hydroxyl groups is 1. The van der Waals surface area contributed by atoms with Crippen molar-refractivity contribution >= 4 is 0 Å². The molecule has 0 heterocycles. The van der Waals surface area contributed by atoms with E-state index in [1.165, 1.54) is 0 Å². The van der Waals surface area contributed by atoms with Crippen LogP contribution in [0.1, 0.15) is 12.5 Å². The minimum atomic E-state index is 0.294. The van der Waals surface area contributed by atoms with Gasteiger partial charge in [0.05, 0.1) is 0 Å². The van der Waals surface area contributed by atoms with E-state index in [1.54, 1.807) is 12.1 Å². The maximum absolute atomic E-state index is 9.19. The molecule has 13 heavy (non-hydrogen) atoms. The van der Waals surface area contributed by atoms with Crippen LogP contribution in [0.4, 0.5) is 0 Å². The van der Waals surface area contributed by atoms with Gasteiger partial charge >= 0.3 is 0 Å². The molecule has 0 fully saturated rings. The molecule has 2 N–H and O–H groups in total. The number of benzene rings is 1. The average Bonchev–Trinajstić information content (AvgIpc) is 2.14. The number of phenolic OH excluding ortho intramolecular Hbond substituents is 1. The lowest BCUT2D eigenvalue weighted by molar-refractivity contribution is 0.474. The zero-order valence-corrected chi connectivity index (χ0v) is 7.83. The van der Waals surface area contributed by atoms with Gasteiger partial charge in [-0.3, -0.25) is 0 Å². The van der Waals surface area contributed by atoms with Crippen molar-refractivity contribution in [1.82, 2.24) is 5.32 Å². The molecule has 0 bridgehead atoms. The van der Waals surface area contributed by atoms with Gasteiger partial charge in [-0.15, -0.1) is 6.58 Å². The van der Waals surface area contributed by atoms with Gasteiger partial charge in [-0.1, -0.05) is 18.2 Å². The van der Waals surface area contributed by atoms with E-state index in [0.29, 0.717) is 11.8 Å². The summed E-state index contributed by atoms with van der Waals surface area (Å²) in [6.45, 7) is 6.47. The summed E-state index contributed by atoms with van der Waals surface area (Å²) in [6, 6.07) is 7.53. The Morgan fingerprint density at radius 1 is 1.62 bits per heavy atom. The normalized spacial score (nSPS) is 12.4. The second-order valence-electron chi connectivity index (χ2n) is 3.08. The van der Waals surface area contributed by atoms with Crippen molar-refractivity contribution in [3.8, 4) is 5.75 Å². The van der Waals surface area contributed by atoms with Crippen LogP contribution >= 0.6 is 0 Å². The van der Waals surface area contributed by atoms with Crippen molar-refractivity contribution in [3.05, 3.63) is 42.5 Å². The van der Waals surface area contributed by atoms with Crippen molar-refractivity contribution in [3.63, 3.8) is 0 Å². The summed E-state index contributed by atoms with van der Waals surface area (Å²) in [5.41, 5.74) is 1.08. The van der Waals surface area contributed by atoms with Crippen molar-refractivity contribution < 1.29 is 5.11 Å². The second-order valence-corrected chi connectivity index (χ2v) is 3.08. The third kappa shape index (κ3) is 3.30. The van der Waals surface area contributed by atoms with E-state index >= 15 is 0 Å². The first-order chi connectivity index (χ1) is 6.22. The van der Waals surface area contributed by atoms with Gasteiger partial charge in [-0.2, -0.15) is 0 Å². The smallest absolute Gasteiger partial charge is 0.115 e. The highest BCUT2D eigenvalue weighted by atomic mass is 16.3. The van der Waals surface area contributed by atoms with Crippen LogP contribution in [0.2, 0.25) is 0 Å². The molecule has 0 saturated heterocycles. The zero-order valence-electron chi connectivity index (χ0n) is 7.83. The van der Waals surface area contributed by atoms with E-state index in [2.05, 4.69) is 11.9 Å². The monoisotopic (exact) mass is 177 g/mol. The third-order valence-corrected chi connectivity index (χ3v) is 1.89. The van der Waals surface area contributed by atoms with Crippen LogP contribution in [0.15, 0.2) is 36.9 Å². The van der Waals surface area contributed by atoms with E-state index in [4.69, 9.17) is 0 Å². The number of phenols is 1. The Hall–Kier alpha value is -1.28.